The van der Waals surface area contributed by atoms with Crippen molar-refractivity contribution >= 4 is 0 Å². The lowest BCUT2D eigenvalue weighted by Gasteiger charge is -2.12. The molecule has 0 saturated carbocycles. The molecule has 0 heterocycles. The average molecular weight is 151 g/mol. The minimum atomic E-state index is -0.361. The van der Waals surface area contributed by atoms with Crippen LogP contribution in [0.1, 0.15) is 0 Å². The first-order chi connectivity index (χ1) is 4.85. The Morgan fingerprint density at radius 1 is 1.40 bits per heavy atom. The Bertz CT molecular complexity index is 68.8. The summed E-state index contributed by atoms with van der Waals surface area (Å²) in [4.78, 5) is 0. The molecule has 0 saturated heterocycles. The van der Waals surface area contributed by atoms with E-state index in [2.05, 4.69) is 5.32 Å². The number of hydrogen-bond acceptors (Lipinski definition) is 3. The SMILES string of the molecule is COC(CNCCF)OC. The van der Waals surface area contributed by atoms with E-state index in [1.165, 1.54) is 0 Å². The van der Waals surface area contributed by atoms with Crippen LogP contribution in [0.3, 0.4) is 0 Å². The van der Waals surface area contributed by atoms with Gasteiger partial charge in [0, 0.05) is 27.3 Å². The molecular formula is C6H14FNO2. The highest BCUT2D eigenvalue weighted by molar-refractivity contribution is 4.48. The molecule has 0 aliphatic heterocycles. The minimum absolute atomic E-state index is 0.272. The van der Waals surface area contributed by atoms with Crippen molar-refractivity contribution in [3.05, 3.63) is 0 Å². The van der Waals surface area contributed by atoms with Crippen LogP contribution in [0.4, 0.5) is 4.39 Å². The Morgan fingerprint density at radius 2 is 2.00 bits per heavy atom. The second kappa shape index (κ2) is 6.92. The lowest BCUT2D eigenvalue weighted by molar-refractivity contribution is -0.0987. The molecule has 62 valence electrons. The first kappa shape index (κ1) is 9.81. The predicted molar refractivity (Wildman–Crippen MR) is 36.7 cm³/mol. The molecule has 0 rings (SSSR count). The van der Waals surface area contributed by atoms with Gasteiger partial charge in [-0.25, -0.2) is 4.39 Å². The van der Waals surface area contributed by atoms with E-state index in [1.807, 2.05) is 0 Å². The molecule has 0 aliphatic carbocycles. The summed E-state index contributed by atoms with van der Waals surface area (Å²) in [6.07, 6.45) is -0.272. The highest BCUT2D eigenvalue weighted by Crippen LogP contribution is 1.86. The molecule has 4 heteroatoms. The molecule has 0 bridgehead atoms. The molecule has 3 nitrogen and oxygen atoms in total. The number of ether oxygens (including phenoxy) is 2. The standard InChI is InChI=1S/C6H14FNO2/c1-9-6(10-2)5-8-4-3-7/h6,8H,3-5H2,1-2H3. The Morgan fingerprint density at radius 3 is 2.40 bits per heavy atom. The fourth-order valence-corrected chi connectivity index (χ4v) is 0.550. The largest absolute Gasteiger partial charge is 0.355 e. The Balaban J connectivity index is 3.09. The maximum atomic E-state index is 11.5. The summed E-state index contributed by atoms with van der Waals surface area (Å²) >= 11 is 0. The van der Waals surface area contributed by atoms with Crippen LogP contribution >= 0.6 is 0 Å². The molecule has 0 radical (unpaired) electrons. The smallest absolute Gasteiger partial charge is 0.169 e. The van der Waals surface area contributed by atoms with Crippen LogP contribution in [0.15, 0.2) is 0 Å². The van der Waals surface area contributed by atoms with E-state index in [-0.39, 0.29) is 13.0 Å². The third-order valence-corrected chi connectivity index (χ3v) is 1.11. The van der Waals surface area contributed by atoms with Gasteiger partial charge in [0.25, 0.3) is 0 Å². The van der Waals surface area contributed by atoms with Gasteiger partial charge in [0.2, 0.25) is 0 Å². The van der Waals surface area contributed by atoms with Crippen LogP contribution in [0.5, 0.6) is 0 Å². The number of nitrogens with one attached hydrogen (secondary N) is 1. The van der Waals surface area contributed by atoms with Crippen molar-refractivity contribution in [3.8, 4) is 0 Å². The van der Waals surface area contributed by atoms with Crippen molar-refractivity contribution in [2.24, 2.45) is 0 Å². The van der Waals surface area contributed by atoms with Gasteiger partial charge < -0.3 is 14.8 Å². The number of hydrogen-bond donors (Lipinski definition) is 1. The van der Waals surface area contributed by atoms with Crippen LogP contribution < -0.4 is 5.32 Å². The summed E-state index contributed by atoms with van der Waals surface area (Å²) < 4.78 is 21.2. The fourth-order valence-electron chi connectivity index (χ4n) is 0.550. The van der Waals surface area contributed by atoms with Crippen LogP contribution in [0.2, 0.25) is 0 Å². The minimum Gasteiger partial charge on any atom is -0.355 e. The van der Waals surface area contributed by atoms with E-state index in [4.69, 9.17) is 9.47 Å². The van der Waals surface area contributed by atoms with Gasteiger partial charge in [-0.1, -0.05) is 0 Å². The lowest BCUT2D eigenvalue weighted by Crippen LogP contribution is -2.30. The normalized spacial score (nSPS) is 10.8. The van der Waals surface area contributed by atoms with E-state index >= 15 is 0 Å². The second-order valence-electron chi connectivity index (χ2n) is 1.79. The highest BCUT2D eigenvalue weighted by atomic mass is 19.1. The number of rotatable bonds is 6. The zero-order valence-electron chi connectivity index (χ0n) is 6.39. The van der Waals surface area contributed by atoms with Crippen molar-refractivity contribution in [3.63, 3.8) is 0 Å². The van der Waals surface area contributed by atoms with E-state index in [0.29, 0.717) is 13.1 Å². The van der Waals surface area contributed by atoms with Crippen molar-refractivity contribution in [1.29, 1.82) is 0 Å². The third kappa shape index (κ3) is 4.67. The van der Waals surface area contributed by atoms with Gasteiger partial charge in [-0.15, -0.1) is 0 Å². The molecule has 0 unspecified atom stereocenters. The topological polar surface area (TPSA) is 30.5 Å². The second-order valence-corrected chi connectivity index (χ2v) is 1.79. The summed E-state index contributed by atoms with van der Waals surface area (Å²) in [5.74, 6) is 0. The Kier molecular flexibility index (Phi) is 6.79. The summed E-state index contributed by atoms with van der Waals surface area (Å²) in [6.45, 7) is 0.514. The molecular weight excluding hydrogens is 137 g/mol. The van der Waals surface area contributed by atoms with Gasteiger partial charge in [-0.3, -0.25) is 0 Å². The van der Waals surface area contributed by atoms with Gasteiger partial charge in [0.15, 0.2) is 6.29 Å². The molecule has 1 N–H and O–H groups in total. The number of halogens is 1. The summed E-state index contributed by atoms with van der Waals surface area (Å²) in [5.41, 5.74) is 0. The molecule has 0 aromatic heterocycles. The molecule has 10 heavy (non-hydrogen) atoms. The summed E-state index contributed by atoms with van der Waals surface area (Å²) in [5, 5.41) is 2.81. The third-order valence-electron chi connectivity index (χ3n) is 1.11. The molecule has 0 atom stereocenters. The zero-order valence-corrected chi connectivity index (χ0v) is 6.39. The molecule has 0 spiro atoms. The van der Waals surface area contributed by atoms with Gasteiger partial charge in [0.05, 0.1) is 0 Å². The predicted octanol–water partition coefficient (Wildman–Crippen LogP) is 0.164. The molecule has 0 fully saturated rings. The monoisotopic (exact) mass is 151 g/mol. The quantitative estimate of drug-likeness (QED) is 0.433. The van der Waals surface area contributed by atoms with Gasteiger partial charge in [-0.2, -0.15) is 0 Å². The van der Waals surface area contributed by atoms with Gasteiger partial charge in [-0.05, 0) is 0 Å². The number of methoxy groups -OCH3 is 2. The zero-order chi connectivity index (χ0) is 7.82. The van der Waals surface area contributed by atoms with Crippen molar-refractivity contribution in [2.45, 2.75) is 6.29 Å². The van der Waals surface area contributed by atoms with Gasteiger partial charge >= 0.3 is 0 Å². The van der Waals surface area contributed by atoms with Crippen molar-refractivity contribution < 1.29 is 13.9 Å². The molecule has 0 aromatic carbocycles. The van der Waals surface area contributed by atoms with E-state index in [0.717, 1.165) is 0 Å². The average Bonchev–Trinajstić information content (AvgIpc) is 1.99. The maximum Gasteiger partial charge on any atom is 0.169 e. The van der Waals surface area contributed by atoms with Crippen molar-refractivity contribution in [2.75, 3.05) is 34.0 Å². The highest BCUT2D eigenvalue weighted by Gasteiger charge is 2.01. The molecule has 0 aromatic rings. The summed E-state index contributed by atoms with van der Waals surface area (Å²) in [7, 11) is 3.09. The first-order valence-electron chi connectivity index (χ1n) is 3.17. The van der Waals surface area contributed by atoms with Crippen LogP contribution in [-0.4, -0.2) is 40.3 Å². The van der Waals surface area contributed by atoms with Crippen molar-refractivity contribution in [1.82, 2.24) is 5.32 Å². The summed E-state index contributed by atoms with van der Waals surface area (Å²) in [6, 6.07) is 0. The van der Waals surface area contributed by atoms with Gasteiger partial charge in [0.1, 0.15) is 6.67 Å². The van der Waals surface area contributed by atoms with E-state index in [9.17, 15) is 4.39 Å². The first-order valence-corrected chi connectivity index (χ1v) is 3.17. The lowest BCUT2D eigenvalue weighted by atomic mass is 10.6. The maximum absolute atomic E-state index is 11.5. The van der Waals surface area contributed by atoms with Crippen LogP contribution in [0.25, 0.3) is 0 Å². The number of alkyl halides is 1. The Hall–Kier alpha value is -0.190. The fraction of sp³-hybridized carbons (Fsp3) is 1.00. The van der Waals surface area contributed by atoms with E-state index in [1.54, 1.807) is 14.2 Å². The van der Waals surface area contributed by atoms with Crippen LogP contribution in [0, 0.1) is 0 Å². The Labute approximate surface area is 60.5 Å². The molecule has 0 aliphatic rings. The molecule has 0 amide bonds. The van der Waals surface area contributed by atoms with Crippen LogP contribution in [-0.2, 0) is 9.47 Å². The van der Waals surface area contributed by atoms with E-state index < -0.39 is 0 Å².